The number of nitrogens with one attached hydrogen (secondary N) is 1. The molecule has 6 heteroatoms. The minimum atomic E-state index is -0.0469. The Morgan fingerprint density at radius 3 is 2.78 bits per heavy atom. The molecule has 0 aliphatic rings. The van der Waals surface area contributed by atoms with E-state index in [1.807, 2.05) is 24.3 Å². The number of nitrogens with zero attached hydrogens (tertiary/aromatic N) is 2. The second-order valence-electron chi connectivity index (χ2n) is 6.44. The molecule has 0 bridgehead atoms. The first-order chi connectivity index (χ1) is 13.0. The maximum absolute atomic E-state index is 12.1. The highest BCUT2D eigenvalue weighted by atomic mass is 16.5. The fourth-order valence-electron chi connectivity index (χ4n) is 2.69. The summed E-state index contributed by atoms with van der Waals surface area (Å²) in [6.45, 7) is 4.37. The number of methoxy groups -OCH3 is 1. The minimum absolute atomic E-state index is 0.0469. The molecule has 0 saturated carbocycles. The predicted molar refractivity (Wildman–Crippen MR) is 102 cm³/mol. The van der Waals surface area contributed by atoms with Crippen molar-refractivity contribution in [1.29, 1.82) is 0 Å². The van der Waals surface area contributed by atoms with Crippen molar-refractivity contribution in [2.45, 2.75) is 33.2 Å². The molecule has 1 aromatic heterocycles. The summed E-state index contributed by atoms with van der Waals surface area (Å²) < 4.78 is 10.4. The van der Waals surface area contributed by atoms with Crippen molar-refractivity contribution in [3.63, 3.8) is 0 Å². The third kappa shape index (κ3) is 4.94. The zero-order valence-corrected chi connectivity index (χ0v) is 15.8. The molecule has 0 spiro atoms. The molecule has 0 unspecified atom stereocenters. The topological polar surface area (TPSA) is 77.3 Å². The van der Waals surface area contributed by atoms with Gasteiger partial charge in [-0.2, -0.15) is 4.98 Å². The van der Waals surface area contributed by atoms with Crippen molar-refractivity contribution in [2.24, 2.45) is 0 Å². The fraction of sp³-hybridized carbons (Fsp3) is 0.286. The Hall–Kier alpha value is -3.15. The molecule has 0 saturated heterocycles. The highest BCUT2D eigenvalue weighted by Gasteiger charge is 2.11. The average Bonchev–Trinajstić information content (AvgIpc) is 3.16. The molecule has 1 amide bonds. The van der Waals surface area contributed by atoms with Gasteiger partial charge < -0.3 is 14.6 Å². The standard InChI is InChI=1S/C21H23N3O3/c1-14-7-8-16(11-15(14)2)9-10-19(25)22-13-20-23-21(24-27-20)17-5-4-6-18(12-17)26-3/h4-8,11-12H,9-10,13H2,1-3H3,(H,22,25). The van der Waals surface area contributed by atoms with Crippen LogP contribution in [0.15, 0.2) is 47.0 Å². The number of amides is 1. The van der Waals surface area contributed by atoms with E-state index in [-0.39, 0.29) is 12.5 Å². The van der Waals surface area contributed by atoms with Crippen LogP contribution in [0, 0.1) is 13.8 Å². The Morgan fingerprint density at radius 1 is 1.15 bits per heavy atom. The van der Waals surface area contributed by atoms with Gasteiger partial charge in [0.15, 0.2) is 0 Å². The van der Waals surface area contributed by atoms with Crippen LogP contribution in [0.2, 0.25) is 0 Å². The normalized spacial score (nSPS) is 10.6. The summed E-state index contributed by atoms with van der Waals surface area (Å²) in [5.74, 6) is 1.51. The predicted octanol–water partition coefficient (Wildman–Crippen LogP) is 3.61. The van der Waals surface area contributed by atoms with E-state index in [1.165, 1.54) is 11.1 Å². The van der Waals surface area contributed by atoms with E-state index in [0.29, 0.717) is 24.6 Å². The first kappa shape index (κ1) is 18.6. The summed E-state index contributed by atoms with van der Waals surface area (Å²) in [7, 11) is 1.61. The average molecular weight is 365 g/mol. The number of carbonyl (C=O) groups excluding carboxylic acids is 1. The molecule has 0 aliphatic carbocycles. The number of hydrogen-bond donors (Lipinski definition) is 1. The van der Waals surface area contributed by atoms with Gasteiger partial charge in [0.2, 0.25) is 17.6 Å². The molecular formula is C21H23N3O3. The number of aromatic nitrogens is 2. The van der Waals surface area contributed by atoms with Crippen LogP contribution in [0.5, 0.6) is 5.75 Å². The van der Waals surface area contributed by atoms with Gasteiger partial charge in [-0.3, -0.25) is 4.79 Å². The van der Waals surface area contributed by atoms with Gasteiger partial charge in [-0.25, -0.2) is 0 Å². The summed E-state index contributed by atoms with van der Waals surface area (Å²) in [5, 5.41) is 6.78. The van der Waals surface area contributed by atoms with Crippen LogP contribution in [-0.4, -0.2) is 23.2 Å². The Labute approximate surface area is 158 Å². The molecular weight excluding hydrogens is 342 g/mol. The second kappa shape index (κ2) is 8.49. The van der Waals surface area contributed by atoms with E-state index < -0.39 is 0 Å². The van der Waals surface area contributed by atoms with Crippen molar-refractivity contribution in [3.8, 4) is 17.1 Å². The molecule has 3 aromatic rings. The van der Waals surface area contributed by atoms with Gasteiger partial charge >= 0.3 is 0 Å². The van der Waals surface area contributed by atoms with Gasteiger partial charge in [0.1, 0.15) is 5.75 Å². The smallest absolute Gasteiger partial charge is 0.246 e. The lowest BCUT2D eigenvalue weighted by Gasteiger charge is -2.05. The number of aryl methyl sites for hydroxylation is 3. The zero-order valence-electron chi connectivity index (χ0n) is 15.8. The van der Waals surface area contributed by atoms with Crippen molar-refractivity contribution >= 4 is 5.91 Å². The molecule has 140 valence electrons. The quantitative estimate of drug-likeness (QED) is 0.692. The Morgan fingerprint density at radius 2 is 2.00 bits per heavy atom. The molecule has 3 rings (SSSR count). The van der Waals surface area contributed by atoms with Crippen LogP contribution in [0.25, 0.3) is 11.4 Å². The lowest BCUT2D eigenvalue weighted by molar-refractivity contribution is -0.121. The first-order valence-corrected chi connectivity index (χ1v) is 8.85. The molecule has 0 atom stereocenters. The third-order valence-corrected chi connectivity index (χ3v) is 4.44. The molecule has 2 aromatic carbocycles. The van der Waals surface area contributed by atoms with Crippen LogP contribution in [0.1, 0.15) is 29.0 Å². The van der Waals surface area contributed by atoms with Crippen LogP contribution in [-0.2, 0) is 17.8 Å². The number of carbonyl (C=O) groups is 1. The Bertz CT molecular complexity index is 934. The van der Waals surface area contributed by atoms with Crippen molar-refractivity contribution in [3.05, 3.63) is 65.0 Å². The summed E-state index contributed by atoms with van der Waals surface area (Å²) in [6, 6.07) is 13.7. The lowest BCUT2D eigenvalue weighted by atomic mass is 10.0. The molecule has 0 fully saturated rings. The number of hydrogen-bond acceptors (Lipinski definition) is 5. The SMILES string of the molecule is COc1cccc(-c2noc(CNC(=O)CCc3ccc(C)c(C)c3)n2)c1. The molecule has 0 aliphatic heterocycles. The summed E-state index contributed by atoms with van der Waals surface area (Å²) in [4.78, 5) is 16.4. The summed E-state index contributed by atoms with van der Waals surface area (Å²) >= 11 is 0. The number of rotatable bonds is 7. The van der Waals surface area contributed by atoms with Gasteiger partial charge in [-0.15, -0.1) is 0 Å². The second-order valence-corrected chi connectivity index (χ2v) is 6.44. The first-order valence-electron chi connectivity index (χ1n) is 8.85. The van der Waals surface area contributed by atoms with E-state index in [0.717, 1.165) is 16.9 Å². The van der Waals surface area contributed by atoms with Gasteiger partial charge in [0.25, 0.3) is 0 Å². The third-order valence-electron chi connectivity index (χ3n) is 4.44. The largest absolute Gasteiger partial charge is 0.497 e. The number of benzene rings is 2. The maximum Gasteiger partial charge on any atom is 0.246 e. The highest BCUT2D eigenvalue weighted by molar-refractivity contribution is 5.76. The van der Waals surface area contributed by atoms with Crippen LogP contribution >= 0.6 is 0 Å². The van der Waals surface area contributed by atoms with Crippen LogP contribution < -0.4 is 10.1 Å². The zero-order chi connectivity index (χ0) is 19.2. The molecule has 27 heavy (non-hydrogen) atoms. The van der Waals surface area contributed by atoms with E-state index in [2.05, 4.69) is 47.5 Å². The van der Waals surface area contributed by atoms with Gasteiger partial charge in [-0.05, 0) is 49.1 Å². The Kier molecular flexibility index (Phi) is 5.86. The molecule has 6 nitrogen and oxygen atoms in total. The fourth-order valence-corrected chi connectivity index (χ4v) is 2.69. The van der Waals surface area contributed by atoms with Gasteiger partial charge in [0.05, 0.1) is 13.7 Å². The Balaban J connectivity index is 1.51. The van der Waals surface area contributed by atoms with E-state index in [9.17, 15) is 4.79 Å². The molecule has 0 radical (unpaired) electrons. The minimum Gasteiger partial charge on any atom is -0.497 e. The summed E-state index contributed by atoms with van der Waals surface area (Å²) in [5.41, 5.74) is 4.45. The lowest BCUT2D eigenvalue weighted by Crippen LogP contribution is -2.23. The van der Waals surface area contributed by atoms with Crippen molar-refractivity contribution in [2.75, 3.05) is 7.11 Å². The van der Waals surface area contributed by atoms with Crippen molar-refractivity contribution < 1.29 is 14.1 Å². The summed E-state index contributed by atoms with van der Waals surface area (Å²) in [6.07, 6.45) is 1.12. The number of ether oxygens (including phenoxy) is 1. The van der Waals surface area contributed by atoms with Gasteiger partial charge in [-0.1, -0.05) is 35.5 Å². The maximum atomic E-state index is 12.1. The molecule has 1 heterocycles. The van der Waals surface area contributed by atoms with Crippen LogP contribution in [0.4, 0.5) is 0 Å². The van der Waals surface area contributed by atoms with E-state index in [4.69, 9.17) is 9.26 Å². The van der Waals surface area contributed by atoms with Crippen LogP contribution in [0.3, 0.4) is 0 Å². The van der Waals surface area contributed by atoms with Crippen molar-refractivity contribution in [1.82, 2.24) is 15.5 Å². The highest BCUT2D eigenvalue weighted by Crippen LogP contribution is 2.21. The van der Waals surface area contributed by atoms with Gasteiger partial charge in [0, 0.05) is 12.0 Å². The molecule has 1 N–H and O–H groups in total. The van der Waals surface area contributed by atoms with E-state index >= 15 is 0 Å². The van der Waals surface area contributed by atoms with E-state index in [1.54, 1.807) is 7.11 Å². The monoisotopic (exact) mass is 365 g/mol.